The molecular weight excluding hydrogens is 643 g/mol. The highest BCUT2D eigenvalue weighted by Gasteiger charge is 2.35. The van der Waals surface area contributed by atoms with Gasteiger partial charge in [-0.05, 0) is 42.2 Å². The Morgan fingerprint density at radius 3 is 2.36 bits per heavy atom. The van der Waals surface area contributed by atoms with E-state index in [1.54, 1.807) is 12.1 Å². The predicted molar refractivity (Wildman–Crippen MR) is 173 cm³/mol. The van der Waals surface area contributed by atoms with Crippen LogP contribution in [0.5, 0.6) is 5.75 Å². The van der Waals surface area contributed by atoms with E-state index in [4.69, 9.17) is 27.9 Å². The number of halogens is 2. The molecule has 1 N–H and O–H groups in total. The number of anilines is 1. The fourth-order valence-electron chi connectivity index (χ4n) is 5.34. The number of nitrogens with one attached hydrogen (secondary N) is 1. The summed E-state index contributed by atoms with van der Waals surface area (Å²) in [5, 5.41) is 15.3. The molecular formula is C31H34Cl2N4O7S. The minimum absolute atomic E-state index is 0.00549. The molecule has 0 saturated heterocycles. The Morgan fingerprint density at radius 1 is 1.07 bits per heavy atom. The molecule has 1 unspecified atom stereocenters. The van der Waals surface area contributed by atoms with Gasteiger partial charge in [-0.1, -0.05) is 72.4 Å². The Hall–Kier alpha value is -3.87. The molecule has 0 aliphatic heterocycles. The molecule has 3 aromatic rings. The standard InChI is InChI=1S/C31H34Cl2N4O7S/c1-44-29-15-14-25(37(40)41)18-27(29)36(45(2,42)43)20-30(38)35(19-22-12-13-23(32)17-26(22)33)28(16-21-8-4-3-5-9-21)31(39)34-24-10-6-7-11-24/h3-5,8-9,12-15,17-18,24,28H,6-7,10-11,16,19-20H2,1-2H3,(H,34,39). The first-order chi connectivity index (χ1) is 21.4. The van der Waals surface area contributed by atoms with E-state index < -0.39 is 39.1 Å². The molecule has 1 aliphatic rings. The minimum atomic E-state index is -4.19. The largest absolute Gasteiger partial charge is 0.495 e. The Balaban J connectivity index is 1.80. The monoisotopic (exact) mass is 676 g/mol. The number of ether oxygens (including phenoxy) is 1. The lowest BCUT2D eigenvalue weighted by atomic mass is 10.0. The molecule has 45 heavy (non-hydrogen) atoms. The maximum absolute atomic E-state index is 14.3. The summed E-state index contributed by atoms with van der Waals surface area (Å²) >= 11 is 12.6. The van der Waals surface area contributed by atoms with E-state index in [9.17, 15) is 28.1 Å². The Bertz CT molecular complexity index is 1650. The first-order valence-electron chi connectivity index (χ1n) is 14.2. The van der Waals surface area contributed by atoms with Gasteiger partial charge in [-0.3, -0.25) is 24.0 Å². The Kier molecular flexibility index (Phi) is 11.3. The van der Waals surface area contributed by atoms with Crippen molar-refractivity contribution < 1.29 is 27.7 Å². The second kappa shape index (κ2) is 14.9. The maximum Gasteiger partial charge on any atom is 0.271 e. The molecule has 1 fully saturated rings. The van der Waals surface area contributed by atoms with Crippen LogP contribution in [0.15, 0.2) is 66.7 Å². The summed E-state index contributed by atoms with van der Waals surface area (Å²) in [7, 11) is -2.91. The van der Waals surface area contributed by atoms with Crippen LogP contribution < -0.4 is 14.4 Å². The number of benzene rings is 3. The summed E-state index contributed by atoms with van der Waals surface area (Å²) in [6.07, 6.45) is 4.60. The molecule has 0 radical (unpaired) electrons. The number of hydrogen-bond acceptors (Lipinski definition) is 7. The molecule has 0 bridgehead atoms. The van der Waals surface area contributed by atoms with Crippen LogP contribution in [0.4, 0.5) is 11.4 Å². The quantitative estimate of drug-likeness (QED) is 0.190. The molecule has 11 nitrogen and oxygen atoms in total. The van der Waals surface area contributed by atoms with E-state index in [1.165, 1.54) is 30.2 Å². The summed E-state index contributed by atoms with van der Waals surface area (Å²) in [6, 6.07) is 16.3. The smallest absolute Gasteiger partial charge is 0.271 e. The fraction of sp³-hybridized carbons (Fsp3) is 0.355. The maximum atomic E-state index is 14.3. The second-order valence-corrected chi connectivity index (χ2v) is 13.6. The summed E-state index contributed by atoms with van der Waals surface area (Å²) in [5.41, 5.74) is 0.681. The zero-order valence-corrected chi connectivity index (χ0v) is 27.1. The number of rotatable bonds is 13. The van der Waals surface area contributed by atoms with Gasteiger partial charge in [-0.25, -0.2) is 8.42 Å². The normalized spacial score (nSPS) is 14.0. The van der Waals surface area contributed by atoms with E-state index in [-0.39, 0.29) is 41.4 Å². The molecule has 1 saturated carbocycles. The molecule has 2 amide bonds. The molecule has 0 heterocycles. The van der Waals surface area contributed by atoms with Gasteiger partial charge < -0.3 is 15.0 Å². The highest BCUT2D eigenvalue weighted by atomic mass is 35.5. The number of nitro benzene ring substituents is 1. The van der Waals surface area contributed by atoms with Crippen molar-refractivity contribution in [1.82, 2.24) is 10.2 Å². The SMILES string of the molecule is COc1ccc([N+](=O)[O-])cc1N(CC(=O)N(Cc1ccc(Cl)cc1Cl)C(Cc1ccccc1)C(=O)NC1CCCC1)S(C)(=O)=O. The fourth-order valence-corrected chi connectivity index (χ4v) is 6.65. The predicted octanol–water partition coefficient (Wildman–Crippen LogP) is 5.38. The van der Waals surface area contributed by atoms with Gasteiger partial charge in [0.25, 0.3) is 5.69 Å². The first kappa shape index (κ1) is 34.0. The number of amides is 2. The average molecular weight is 678 g/mol. The van der Waals surface area contributed by atoms with E-state index in [0.29, 0.717) is 10.6 Å². The molecule has 1 aliphatic carbocycles. The van der Waals surface area contributed by atoms with Gasteiger partial charge in [0.15, 0.2) is 0 Å². The number of nitrogens with zero attached hydrogens (tertiary/aromatic N) is 3. The van der Waals surface area contributed by atoms with Gasteiger partial charge in [-0.15, -0.1) is 0 Å². The zero-order chi connectivity index (χ0) is 32.7. The summed E-state index contributed by atoms with van der Waals surface area (Å²) in [4.78, 5) is 40.5. The second-order valence-electron chi connectivity index (χ2n) is 10.8. The van der Waals surface area contributed by atoms with Crippen molar-refractivity contribution in [2.45, 2.75) is 50.7 Å². The zero-order valence-electron chi connectivity index (χ0n) is 24.8. The third-order valence-electron chi connectivity index (χ3n) is 7.65. The summed E-state index contributed by atoms with van der Waals surface area (Å²) < 4.78 is 32.3. The van der Waals surface area contributed by atoms with Crippen molar-refractivity contribution >= 4 is 56.4 Å². The van der Waals surface area contributed by atoms with Gasteiger partial charge in [0.1, 0.15) is 24.0 Å². The Labute approximate surface area is 272 Å². The number of methoxy groups -OCH3 is 1. The third-order valence-corrected chi connectivity index (χ3v) is 9.36. The lowest BCUT2D eigenvalue weighted by molar-refractivity contribution is -0.384. The number of carbonyl (C=O) groups is 2. The van der Waals surface area contributed by atoms with Crippen LogP contribution >= 0.6 is 23.2 Å². The van der Waals surface area contributed by atoms with Crippen molar-refractivity contribution in [1.29, 1.82) is 0 Å². The van der Waals surface area contributed by atoms with Crippen molar-refractivity contribution in [2.75, 3.05) is 24.2 Å². The molecule has 3 aromatic carbocycles. The third kappa shape index (κ3) is 8.86. The van der Waals surface area contributed by atoms with Crippen LogP contribution in [0.25, 0.3) is 0 Å². The Morgan fingerprint density at radius 2 is 1.76 bits per heavy atom. The highest BCUT2D eigenvalue weighted by molar-refractivity contribution is 7.92. The van der Waals surface area contributed by atoms with Gasteiger partial charge in [0.05, 0.1) is 18.3 Å². The average Bonchev–Trinajstić information content (AvgIpc) is 3.51. The van der Waals surface area contributed by atoms with Crippen LogP contribution in [-0.4, -0.2) is 62.0 Å². The number of non-ortho nitro benzene ring substituents is 1. The number of carbonyl (C=O) groups excluding carboxylic acids is 2. The topological polar surface area (TPSA) is 139 Å². The van der Waals surface area contributed by atoms with Gasteiger partial charge in [0.2, 0.25) is 21.8 Å². The summed E-state index contributed by atoms with van der Waals surface area (Å²) in [6.45, 7) is -0.919. The van der Waals surface area contributed by atoms with E-state index in [2.05, 4.69) is 5.32 Å². The molecule has 0 aromatic heterocycles. The minimum Gasteiger partial charge on any atom is -0.495 e. The molecule has 240 valence electrons. The van der Waals surface area contributed by atoms with Gasteiger partial charge in [0, 0.05) is 41.2 Å². The van der Waals surface area contributed by atoms with Crippen LogP contribution in [0.1, 0.15) is 36.8 Å². The molecule has 1 atom stereocenters. The lowest BCUT2D eigenvalue weighted by Crippen LogP contribution is -2.54. The van der Waals surface area contributed by atoms with Crippen LogP contribution in [-0.2, 0) is 32.6 Å². The molecule has 14 heteroatoms. The van der Waals surface area contributed by atoms with Crippen molar-refractivity contribution in [3.05, 3.63) is 98.0 Å². The van der Waals surface area contributed by atoms with Gasteiger partial charge >= 0.3 is 0 Å². The molecule has 4 rings (SSSR count). The lowest BCUT2D eigenvalue weighted by Gasteiger charge is -2.34. The van der Waals surface area contributed by atoms with E-state index >= 15 is 0 Å². The summed E-state index contributed by atoms with van der Waals surface area (Å²) in [5.74, 6) is -1.11. The van der Waals surface area contributed by atoms with Crippen molar-refractivity contribution in [2.24, 2.45) is 0 Å². The number of nitro groups is 1. The van der Waals surface area contributed by atoms with E-state index in [0.717, 1.165) is 47.9 Å². The first-order valence-corrected chi connectivity index (χ1v) is 16.9. The van der Waals surface area contributed by atoms with Crippen LogP contribution in [0, 0.1) is 10.1 Å². The molecule has 0 spiro atoms. The van der Waals surface area contributed by atoms with Crippen LogP contribution in [0.2, 0.25) is 10.0 Å². The van der Waals surface area contributed by atoms with Crippen molar-refractivity contribution in [3.8, 4) is 5.75 Å². The number of sulfonamides is 1. The van der Waals surface area contributed by atoms with Crippen molar-refractivity contribution in [3.63, 3.8) is 0 Å². The van der Waals surface area contributed by atoms with Gasteiger partial charge in [-0.2, -0.15) is 0 Å². The number of hydrogen-bond donors (Lipinski definition) is 1. The highest BCUT2D eigenvalue weighted by Crippen LogP contribution is 2.34. The van der Waals surface area contributed by atoms with Crippen LogP contribution in [0.3, 0.4) is 0 Å². The van der Waals surface area contributed by atoms with E-state index in [1.807, 2.05) is 30.3 Å².